The molecule has 2 aliphatic rings. The number of hydrogen-bond donors (Lipinski definition) is 2. The van der Waals surface area contributed by atoms with Crippen LogP contribution in [0.2, 0.25) is 0 Å². The van der Waals surface area contributed by atoms with Crippen molar-refractivity contribution in [3.05, 3.63) is 36.8 Å². The first-order valence-corrected chi connectivity index (χ1v) is 8.73. The van der Waals surface area contributed by atoms with E-state index < -0.39 is 0 Å². The van der Waals surface area contributed by atoms with E-state index in [1.54, 1.807) is 17.1 Å². The molecule has 2 fully saturated rings. The molecule has 2 bridgehead atoms. The van der Waals surface area contributed by atoms with E-state index in [-0.39, 0.29) is 42.7 Å². The molecule has 2 saturated carbocycles. The zero-order valence-electron chi connectivity index (χ0n) is 14.5. The SMILES string of the molecule is Cl.Cl.NC1C2CCCC1CC(C(=O)Nc1ccn(-c3ccncc3)n1)C2. The van der Waals surface area contributed by atoms with Crippen molar-refractivity contribution in [2.75, 3.05) is 5.32 Å². The number of carbonyl (C=O) groups is 1. The molecular weight excluding hydrogens is 373 g/mol. The third-order valence-corrected chi connectivity index (χ3v) is 5.55. The van der Waals surface area contributed by atoms with Crippen molar-refractivity contribution in [3.8, 4) is 5.69 Å². The molecule has 142 valence electrons. The average Bonchev–Trinajstić information content (AvgIpc) is 3.04. The van der Waals surface area contributed by atoms with Crippen LogP contribution in [0.25, 0.3) is 5.69 Å². The molecule has 1 amide bonds. The fourth-order valence-corrected chi connectivity index (χ4v) is 4.26. The van der Waals surface area contributed by atoms with Crippen LogP contribution in [0, 0.1) is 17.8 Å². The fourth-order valence-electron chi connectivity index (χ4n) is 4.26. The van der Waals surface area contributed by atoms with Crippen molar-refractivity contribution >= 4 is 36.5 Å². The summed E-state index contributed by atoms with van der Waals surface area (Å²) in [7, 11) is 0. The molecule has 2 aromatic heterocycles. The maximum absolute atomic E-state index is 12.6. The number of hydrogen-bond acceptors (Lipinski definition) is 4. The lowest BCUT2D eigenvalue weighted by Gasteiger charge is -2.43. The predicted molar refractivity (Wildman–Crippen MR) is 106 cm³/mol. The minimum atomic E-state index is 0. The zero-order valence-corrected chi connectivity index (χ0v) is 16.1. The summed E-state index contributed by atoms with van der Waals surface area (Å²) < 4.78 is 1.74. The molecule has 3 N–H and O–H groups in total. The Labute approximate surface area is 165 Å². The number of carbonyl (C=O) groups excluding carboxylic acids is 1. The Morgan fingerprint density at radius 1 is 1.12 bits per heavy atom. The van der Waals surface area contributed by atoms with Crippen LogP contribution in [0.1, 0.15) is 32.1 Å². The molecule has 2 heterocycles. The molecule has 0 radical (unpaired) electrons. The molecule has 2 unspecified atom stereocenters. The lowest BCUT2D eigenvalue weighted by atomic mass is 9.65. The van der Waals surface area contributed by atoms with Crippen LogP contribution in [0.15, 0.2) is 36.8 Å². The van der Waals surface area contributed by atoms with E-state index in [0.717, 1.165) is 31.4 Å². The fraction of sp³-hybridized carbons (Fsp3) is 0.500. The molecule has 2 atom stereocenters. The topological polar surface area (TPSA) is 85.8 Å². The highest BCUT2D eigenvalue weighted by Crippen LogP contribution is 2.42. The Kier molecular flexibility index (Phi) is 7.03. The number of halogens is 2. The van der Waals surface area contributed by atoms with Gasteiger partial charge in [-0.25, -0.2) is 4.68 Å². The molecule has 0 aromatic carbocycles. The highest BCUT2D eigenvalue weighted by molar-refractivity contribution is 5.91. The molecule has 6 nitrogen and oxygen atoms in total. The summed E-state index contributed by atoms with van der Waals surface area (Å²) in [5, 5.41) is 7.41. The lowest BCUT2D eigenvalue weighted by molar-refractivity contribution is -0.122. The molecule has 2 aromatic rings. The van der Waals surface area contributed by atoms with Gasteiger partial charge >= 0.3 is 0 Å². The van der Waals surface area contributed by atoms with Crippen LogP contribution in [-0.2, 0) is 4.79 Å². The minimum absolute atomic E-state index is 0. The predicted octanol–water partition coefficient (Wildman–Crippen LogP) is 3.20. The first-order chi connectivity index (χ1) is 11.7. The number of rotatable bonds is 3. The van der Waals surface area contributed by atoms with Crippen LogP contribution in [-0.4, -0.2) is 26.7 Å². The highest BCUT2D eigenvalue weighted by Gasteiger charge is 2.40. The van der Waals surface area contributed by atoms with Gasteiger partial charge in [-0.2, -0.15) is 5.10 Å². The lowest BCUT2D eigenvalue weighted by Crippen LogP contribution is -2.48. The molecule has 2 aliphatic carbocycles. The van der Waals surface area contributed by atoms with Gasteiger partial charge in [0.05, 0.1) is 5.69 Å². The van der Waals surface area contributed by atoms with Gasteiger partial charge < -0.3 is 11.1 Å². The number of nitrogens with zero attached hydrogens (tertiary/aromatic N) is 3. The average molecular weight is 398 g/mol. The number of anilines is 1. The highest BCUT2D eigenvalue weighted by atomic mass is 35.5. The second kappa shape index (κ2) is 8.84. The van der Waals surface area contributed by atoms with Gasteiger partial charge in [0.25, 0.3) is 0 Å². The molecule has 8 heteroatoms. The van der Waals surface area contributed by atoms with Gasteiger partial charge in [-0.1, -0.05) is 6.42 Å². The van der Waals surface area contributed by atoms with E-state index in [4.69, 9.17) is 5.73 Å². The molecule has 26 heavy (non-hydrogen) atoms. The molecule has 0 saturated heterocycles. The number of amides is 1. The third-order valence-electron chi connectivity index (χ3n) is 5.55. The van der Waals surface area contributed by atoms with Gasteiger partial charge in [0.2, 0.25) is 5.91 Å². The van der Waals surface area contributed by atoms with Crippen molar-refractivity contribution < 1.29 is 4.79 Å². The van der Waals surface area contributed by atoms with E-state index in [9.17, 15) is 4.79 Å². The second-order valence-corrected chi connectivity index (χ2v) is 7.04. The van der Waals surface area contributed by atoms with Crippen LogP contribution in [0.4, 0.5) is 5.82 Å². The van der Waals surface area contributed by atoms with Gasteiger partial charge in [-0.3, -0.25) is 9.78 Å². The maximum atomic E-state index is 12.6. The largest absolute Gasteiger partial charge is 0.327 e. The normalized spacial score (nSPS) is 27.0. The second-order valence-electron chi connectivity index (χ2n) is 7.04. The van der Waals surface area contributed by atoms with Gasteiger partial charge in [-0.15, -0.1) is 24.8 Å². The van der Waals surface area contributed by atoms with Crippen LogP contribution >= 0.6 is 24.8 Å². The quantitative estimate of drug-likeness (QED) is 0.832. The Morgan fingerprint density at radius 2 is 1.77 bits per heavy atom. The summed E-state index contributed by atoms with van der Waals surface area (Å²) in [5.41, 5.74) is 7.23. The summed E-state index contributed by atoms with van der Waals surface area (Å²) in [5.74, 6) is 1.74. The molecule has 0 aliphatic heterocycles. The standard InChI is InChI=1S/C18H23N5O.2ClH/c19-17-12-2-1-3-13(17)11-14(10-12)18(24)21-16-6-9-23(22-16)15-4-7-20-8-5-15;;/h4-9,12-14,17H,1-3,10-11,19H2,(H,21,22,24);2*1H. The van der Waals surface area contributed by atoms with Gasteiger partial charge in [0.15, 0.2) is 5.82 Å². The Morgan fingerprint density at radius 3 is 2.42 bits per heavy atom. The first-order valence-electron chi connectivity index (χ1n) is 8.73. The van der Waals surface area contributed by atoms with E-state index in [1.165, 1.54) is 6.42 Å². The van der Waals surface area contributed by atoms with Crippen LogP contribution < -0.4 is 11.1 Å². The number of fused-ring (bicyclic) bond motifs is 2. The number of nitrogens with one attached hydrogen (secondary N) is 1. The van der Waals surface area contributed by atoms with E-state index in [0.29, 0.717) is 17.7 Å². The van der Waals surface area contributed by atoms with Crippen molar-refractivity contribution in [1.82, 2.24) is 14.8 Å². The molecule has 4 rings (SSSR count). The van der Waals surface area contributed by atoms with E-state index in [2.05, 4.69) is 15.4 Å². The van der Waals surface area contributed by atoms with Gasteiger partial charge in [-0.05, 0) is 49.7 Å². The molecular formula is C18H25Cl2N5O. The Hall–Kier alpha value is -1.63. The summed E-state index contributed by atoms with van der Waals surface area (Å²) in [6.45, 7) is 0. The summed E-state index contributed by atoms with van der Waals surface area (Å²) >= 11 is 0. The third kappa shape index (κ3) is 4.19. The summed E-state index contributed by atoms with van der Waals surface area (Å²) in [4.78, 5) is 16.6. The summed E-state index contributed by atoms with van der Waals surface area (Å²) in [6.07, 6.45) is 10.7. The van der Waals surface area contributed by atoms with Crippen LogP contribution in [0.5, 0.6) is 0 Å². The number of nitrogens with two attached hydrogens (primary N) is 1. The Balaban J connectivity index is 0.00000121. The number of aromatic nitrogens is 3. The number of pyridine rings is 1. The van der Waals surface area contributed by atoms with Gasteiger partial charge in [0, 0.05) is 36.6 Å². The minimum Gasteiger partial charge on any atom is -0.327 e. The van der Waals surface area contributed by atoms with Crippen molar-refractivity contribution in [3.63, 3.8) is 0 Å². The van der Waals surface area contributed by atoms with E-state index in [1.807, 2.05) is 24.4 Å². The monoisotopic (exact) mass is 397 g/mol. The smallest absolute Gasteiger partial charge is 0.228 e. The maximum Gasteiger partial charge on any atom is 0.228 e. The first kappa shape index (κ1) is 20.7. The molecule has 0 spiro atoms. The summed E-state index contributed by atoms with van der Waals surface area (Å²) in [6, 6.07) is 5.87. The van der Waals surface area contributed by atoms with Crippen molar-refractivity contribution in [2.24, 2.45) is 23.5 Å². The van der Waals surface area contributed by atoms with Crippen molar-refractivity contribution in [2.45, 2.75) is 38.1 Å². The van der Waals surface area contributed by atoms with Crippen LogP contribution in [0.3, 0.4) is 0 Å². The van der Waals surface area contributed by atoms with Gasteiger partial charge in [0.1, 0.15) is 0 Å². The van der Waals surface area contributed by atoms with E-state index >= 15 is 0 Å². The van der Waals surface area contributed by atoms with Crippen molar-refractivity contribution in [1.29, 1.82) is 0 Å². The zero-order chi connectivity index (χ0) is 16.5. The Bertz CT molecular complexity index is 709.